The number of hydrogen-bond donors (Lipinski definition) is 1. The molecule has 0 bridgehead atoms. The van der Waals surface area contributed by atoms with Crippen molar-refractivity contribution in [1.82, 2.24) is 4.98 Å². The molecule has 1 aromatic carbocycles. The van der Waals surface area contributed by atoms with Crippen molar-refractivity contribution in [1.29, 1.82) is 0 Å². The lowest BCUT2D eigenvalue weighted by molar-refractivity contribution is -0.122. The van der Waals surface area contributed by atoms with Gasteiger partial charge in [-0.05, 0) is 75.1 Å². The maximum absolute atomic E-state index is 12.9. The van der Waals surface area contributed by atoms with E-state index in [9.17, 15) is 4.79 Å². The molecular weight excluding hydrogens is 348 g/mol. The van der Waals surface area contributed by atoms with Crippen LogP contribution in [0, 0.1) is 25.7 Å². The predicted molar refractivity (Wildman–Crippen MR) is 112 cm³/mol. The second-order valence-electron chi connectivity index (χ2n) is 8.63. The molecule has 1 amide bonds. The SMILES string of the molecule is CC[C@@H](C(=O)Nc1ccc(C)cn1)C1CCC2(CC1)COc1cc(C)ccc12. The van der Waals surface area contributed by atoms with Crippen molar-refractivity contribution in [3.63, 3.8) is 0 Å². The zero-order chi connectivity index (χ0) is 19.7. The molecule has 2 aliphatic rings. The summed E-state index contributed by atoms with van der Waals surface area (Å²) in [4.78, 5) is 17.2. The molecule has 0 saturated heterocycles. The molecule has 2 aromatic rings. The second-order valence-corrected chi connectivity index (χ2v) is 8.63. The number of aromatic nitrogens is 1. The number of hydrogen-bond acceptors (Lipinski definition) is 3. The fourth-order valence-electron chi connectivity index (χ4n) is 4.98. The Bertz CT molecular complexity index is 851. The fraction of sp³-hybridized carbons (Fsp3) is 0.500. The highest BCUT2D eigenvalue weighted by Crippen LogP contribution is 2.50. The van der Waals surface area contributed by atoms with Crippen LogP contribution in [0.15, 0.2) is 36.5 Å². The summed E-state index contributed by atoms with van der Waals surface area (Å²) in [5, 5.41) is 3.03. The molecule has 1 aliphatic heterocycles. The summed E-state index contributed by atoms with van der Waals surface area (Å²) < 4.78 is 6.04. The number of fused-ring (bicyclic) bond motifs is 2. The van der Waals surface area contributed by atoms with Crippen LogP contribution in [0.2, 0.25) is 0 Å². The summed E-state index contributed by atoms with van der Waals surface area (Å²) in [7, 11) is 0. The van der Waals surface area contributed by atoms with Gasteiger partial charge in [0.2, 0.25) is 5.91 Å². The molecule has 0 radical (unpaired) electrons. The number of carbonyl (C=O) groups excluding carboxylic acids is 1. The molecule has 0 unspecified atom stereocenters. The lowest BCUT2D eigenvalue weighted by Gasteiger charge is -2.38. The Kier molecular flexibility index (Phi) is 5.13. The Balaban J connectivity index is 1.42. The molecule has 1 N–H and O–H groups in total. The van der Waals surface area contributed by atoms with Gasteiger partial charge in [-0.1, -0.05) is 25.1 Å². The van der Waals surface area contributed by atoms with Crippen molar-refractivity contribution in [3.8, 4) is 5.75 Å². The van der Waals surface area contributed by atoms with Crippen molar-refractivity contribution in [2.45, 2.75) is 58.3 Å². The molecule has 4 nitrogen and oxygen atoms in total. The van der Waals surface area contributed by atoms with Crippen molar-refractivity contribution < 1.29 is 9.53 Å². The Morgan fingerprint density at radius 2 is 1.96 bits per heavy atom. The lowest BCUT2D eigenvalue weighted by atomic mass is 9.65. The molecule has 1 spiro atoms. The zero-order valence-electron chi connectivity index (χ0n) is 17.1. The molecular formula is C24H30N2O2. The normalized spacial score (nSPS) is 24.5. The number of carbonyl (C=O) groups is 1. The van der Waals surface area contributed by atoms with Crippen LogP contribution in [-0.4, -0.2) is 17.5 Å². The summed E-state index contributed by atoms with van der Waals surface area (Å²) in [6.07, 6.45) is 7.00. The van der Waals surface area contributed by atoms with Gasteiger partial charge >= 0.3 is 0 Å². The number of benzene rings is 1. The van der Waals surface area contributed by atoms with E-state index in [0.29, 0.717) is 11.7 Å². The van der Waals surface area contributed by atoms with Crippen LogP contribution in [-0.2, 0) is 10.2 Å². The third-order valence-electron chi connectivity index (χ3n) is 6.71. The first kappa shape index (κ1) is 19.0. The van der Waals surface area contributed by atoms with Crippen LogP contribution in [0.4, 0.5) is 5.82 Å². The topological polar surface area (TPSA) is 51.2 Å². The van der Waals surface area contributed by atoms with Gasteiger partial charge in [0.05, 0.1) is 6.61 Å². The van der Waals surface area contributed by atoms with Gasteiger partial charge in [-0.25, -0.2) is 4.98 Å². The first-order valence-corrected chi connectivity index (χ1v) is 10.5. The molecule has 4 heteroatoms. The van der Waals surface area contributed by atoms with Gasteiger partial charge in [0.15, 0.2) is 0 Å². The molecule has 4 rings (SSSR count). The van der Waals surface area contributed by atoms with Crippen LogP contribution >= 0.6 is 0 Å². The van der Waals surface area contributed by atoms with E-state index < -0.39 is 0 Å². The van der Waals surface area contributed by atoms with E-state index in [-0.39, 0.29) is 17.2 Å². The van der Waals surface area contributed by atoms with Crippen molar-refractivity contribution in [2.75, 3.05) is 11.9 Å². The van der Waals surface area contributed by atoms with Gasteiger partial charge in [0, 0.05) is 23.1 Å². The van der Waals surface area contributed by atoms with E-state index in [1.807, 2.05) is 19.1 Å². The van der Waals surface area contributed by atoms with Crippen LogP contribution in [0.3, 0.4) is 0 Å². The highest BCUT2D eigenvalue weighted by molar-refractivity contribution is 5.91. The minimum Gasteiger partial charge on any atom is -0.492 e. The summed E-state index contributed by atoms with van der Waals surface area (Å²) in [5.41, 5.74) is 3.86. The van der Waals surface area contributed by atoms with Crippen molar-refractivity contribution >= 4 is 11.7 Å². The predicted octanol–water partition coefficient (Wildman–Crippen LogP) is 5.18. The first-order valence-electron chi connectivity index (χ1n) is 10.5. The third kappa shape index (κ3) is 3.52. The first-order chi connectivity index (χ1) is 13.5. The molecule has 1 fully saturated rings. The largest absolute Gasteiger partial charge is 0.492 e. The smallest absolute Gasteiger partial charge is 0.228 e. The van der Waals surface area contributed by atoms with Gasteiger partial charge < -0.3 is 10.1 Å². The Labute approximate surface area is 167 Å². The lowest BCUT2D eigenvalue weighted by Crippen LogP contribution is -2.38. The van der Waals surface area contributed by atoms with Gasteiger partial charge in [-0.15, -0.1) is 0 Å². The molecule has 1 atom stereocenters. The quantitative estimate of drug-likeness (QED) is 0.797. The van der Waals surface area contributed by atoms with E-state index in [2.05, 4.69) is 42.3 Å². The van der Waals surface area contributed by atoms with Crippen molar-refractivity contribution in [2.24, 2.45) is 11.8 Å². The van der Waals surface area contributed by atoms with Crippen LogP contribution in [0.5, 0.6) is 5.75 Å². The number of anilines is 1. The van der Waals surface area contributed by atoms with Crippen LogP contribution < -0.4 is 10.1 Å². The van der Waals surface area contributed by atoms with Crippen LogP contribution in [0.25, 0.3) is 0 Å². The van der Waals surface area contributed by atoms with E-state index >= 15 is 0 Å². The maximum atomic E-state index is 12.9. The monoisotopic (exact) mass is 378 g/mol. The number of aryl methyl sites for hydroxylation is 2. The van der Waals surface area contributed by atoms with E-state index in [1.165, 1.54) is 11.1 Å². The summed E-state index contributed by atoms with van der Waals surface area (Å²) in [6.45, 7) is 7.01. The summed E-state index contributed by atoms with van der Waals surface area (Å²) >= 11 is 0. The minimum atomic E-state index is 0.0419. The van der Waals surface area contributed by atoms with E-state index in [0.717, 1.165) is 50.0 Å². The number of ether oxygens (including phenoxy) is 1. The Morgan fingerprint density at radius 1 is 1.21 bits per heavy atom. The zero-order valence-corrected chi connectivity index (χ0v) is 17.1. The van der Waals surface area contributed by atoms with E-state index in [1.54, 1.807) is 6.20 Å². The minimum absolute atomic E-state index is 0.0419. The average molecular weight is 379 g/mol. The van der Waals surface area contributed by atoms with Crippen LogP contribution in [0.1, 0.15) is 55.7 Å². The average Bonchev–Trinajstić information content (AvgIpc) is 3.03. The molecule has 2 heterocycles. The third-order valence-corrected chi connectivity index (χ3v) is 6.71. The maximum Gasteiger partial charge on any atom is 0.228 e. The second kappa shape index (κ2) is 7.57. The number of amides is 1. The number of rotatable bonds is 4. The standard InChI is InChI=1S/C24H30N2O2/c1-4-19(23(27)26-22-8-6-17(3)14-25-22)18-9-11-24(12-10-18)15-28-21-13-16(2)5-7-20(21)24/h5-8,13-14,18-19H,4,9-12,15H2,1-3H3,(H,25,26,27)/t18?,19-,24?/m1/s1. The molecule has 1 aromatic heterocycles. The molecule has 1 aliphatic carbocycles. The molecule has 148 valence electrons. The van der Waals surface area contributed by atoms with Gasteiger partial charge in [-0.3, -0.25) is 4.79 Å². The Morgan fingerprint density at radius 3 is 2.64 bits per heavy atom. The van der Waals surface area contributed by atoms with Gasteiger partial charge in [0.25, 0.3) is 0 Å². The number of nitrogens with zero attached hydrogens (tertiary/aromatic N) is 1. The Hall–Kier alpha value is -2.36. The highest BCUT2D eigenvalue weighted by atomic mass is 16.5. The van der Waals surface area contributed by atoms with Crippen molar-refractivity contribution in [3.05, 3.63) is 53.2 Å². The molecule has 28 heavy (non-hydrogen) atoms. The van der Waals surface area contributed by atoms with E-state index in [4.69, 9.17) is 4.74 Å². The fourth-order valence-corrected chi connectivity index (χ4v) is 4.98. The summed E-state index contributed by atoms with van der Waals surface area (Å²) in [5.74, 6) is 2.29. The summed E-state index contributed by atoms with van der Waals surface area (Å²) in [6, 6.07) is 10.5. The number of nitrogens with one attached hydrogen (secondary N) is 1. The van der Waals surface area contributed by atoms with Gasteiger partial charge in [-0.2, -0.15) is 0 Å². The molecule has 1 saturated carbocycles. The highest BCUT2D eigenvalue weighted by Gasteiger charge is 2.45. The van der Waals surface area contributed by atoms with Gasteiger partial charge in [0.1, 0.15) is 11.6 Å². The number of pyridine rings is 1.